The molecule has 4 N–H and O–H groups in total. The maximum atomic E-state index is 11.9. The molecule has 1 atom stereocenters. The number of nitrogens with one attached hydrogen (secondary N) is 2. The Morgan fingerprint density at radius 3 is 2.58 bits per heavy atom. The number of nitrogens with zero attached hydrogens (tertiary/aromatic N) is 1. The molecular weight excluding hydrogens is 396 g/mol. The molecule has 164 valence electrons. The summed E-state index contributed by atoms with van der Waals surface area (Å²) in [5, 5.41) is 3.19. The number of carbonyl (C=O) groups excluding carboxylic acids is 1. The zero-order valence-corrected chi connectivity index (χ0v) is 18.0. The second kappa shape index (κ2) is 10.5. The Balaban J connectivity index is 1.64. The molecule has 0 saturated heterocycles. The Labute approximate surface area is 181 Å². The first kappa shape index (κ1) is 22.2. The largest absolute Gasteiger partial charge is 0.496 e. The van der Waals surface area contributed by atoms with Crippen LogP contribution >= 0.6 is 0 Å². The third kappa shape index (κ3) is 5.99. The average molecular weight is 425 g/mol. The molecule has 0 aliphatic heterocycles. The first-order valence-electron chi connectivity index (χ1n) is 9.95. The number of H-pyrrole nitrogens is 1. The van der Waals surface area contributed by atoms with E-state index in [2.05, 4.69) is 15.3 Å². The Kier molecular flexibility index (Phi) is 7.50. The van der Waals surface area contributed by atoms with Crippen LogP contribution in [0.4, 0.5) is 0 Å². The number of amides is 1. The van der Waals surface area contributed by atoms with Crippen molar-refractivity contribution < 1.29 is 19.0 Å². The number of carbonyl (C=O) groups is 1. The van der Waals surface area contributed by atoms with Crippen molar-refractivity contribution in [3.05, 3.63) is 71.3 Å². The van der Waals surface area contributed by atoms with Gasteiger partial charge in [0.1, 0.15) is 29.7 Å². The van der Waals surface area contributed by atoms with E-state index < -0.39 is 11.9 Å². The lowest BCUT2D eigenvalue weighted by Gasteiger charge is -2.17. The fourth-order valence-electron chi connectivity index (χ4n) is 3.23. The van der Waals surface area contributed by atoms with Gasteiger partial charge in [0.25, 0.3) is 0 Å². The molecule has 0 fully saturated rings. The Bertz CT molecular complexity index is 1020. The minimum atomic E-state index is -0.547. The number of methoxy groups -OCH3 is 2. The van der Waals surface area contributed by atoms with E-state index >= 15 is 0 Å². The standard InChI is InChI=1S/C23H28N4O4/c1-15-25-13-18(27-15)10-20(23(24)28)26-12-16-8-9-19(11-22(16)30-3)31-14-17-6-4-5-7-21(17)29-2/h4-9,11,13,20,26H,10,12,14H2,1-3H3,(H2,24,28)(H,25,27). The lowest BCUT2D eigenvalue weighted by molar-refractivity contribution is -0.120. The number of benzene rings is 2. The lowest BCUT2D eigenvalue weighted by atomic mass is 10.1. The Hall–Kier alpha value is -3.52. The minimum Gasteiger partial charge on any atom is -0.496 e. The van der Waals surface area contributed by atoms with Gasteiger partial charge in [-0.15, -0.1) is 0 Å². The van der Waals surface area contributed by atoms with Gasteiger partial charge in [0, 0.05) is 36.4 Å². The van der Waals surface area contributed by atoms with E-state index in [4.69, 9.17) is 19.9 Å². The molecule has 31 heavy (non-hydrogen) atoms. The topological polar surface area (TPSA) is 111 Å². The highest BCUT2D eigenvalue weighted by Crippen LogP contribution is 2.26. The number of imidazole rings is 1. The van der Waals surface area contributed by atoms with Gasteiger partial charge >= 0.3 is 0 Å². The zero-order valence-electron chi connectivity index (χ0n) is 18.0. The molecule has 0 aliphatic rings. The molecule has 3 aromatic rings. The highest BCUT2D eigenvalue weighted by atomic mass is 16.5. The molecule has 0 spiro atoms. The molecule has 1 unspecified atom stereocenters. The van der Waals surface area contributed by atoms with Crippen molar-refractivity contribution in [1.82, 2.24) is 15.3 Å². The number of aromatic amines is 1. The zero-order chi connectivity index (χ0) is 22.2. The average Bonchev–Trinajstić information content (AvgIpc) is 3.20. The molecule has 1 amide bonds. The van der Waals surface area contributed by atoms with Gasteiger partial charge in [-0.25, -0.2) is 4.98 Å². The molecule has 3 rings (SSSR count). The number of aryl methyl sites for hydroxylation is 1. The minimum absolute atomic E-state index is 0.373. The van der Waals surface area contributed by atoms with Crippen LogP contribution < -0.4 is 25.3 Å². The Morgan fingerprint density at radius 2 is 1.90 bits per heavy atom. The first-order chi connectivity index (χ1) is 15.0. The number of ether oxygens (including phenoxy) is 3. The summed E-state index contributed by atoms with van der Waals surface area (Å²) < 4.78 is 16.8. The van der Waals surface area contributed by atoms with Crippen LogP contribution in [0.25, 0.3) is 0 Å². The number of para-hydroxylation sites is 1. The number of aromatic nitrogens is 2. The van der Waals surface area contributed by atoms with Gasteiger partial charge in [-0.2, -0.15) is 0 Å². The maximum Gasteiger partial charge on any atom is 0.234 e. The molecule has 0 aliphatic carbocycles. The van der Waals surface area contributed by atoms with Crippen LogP contribution in [0.5, 0.6) is 17.2 Å². The van der Waals surface area contributed by atoms with Crippen LogP contribution in [0.1, 0.15) is 22.6 Å². The SMILES string of the molecule is COc1cc(OCc2ccccc2OC)ccc1CNC(Cc1c[nH]c(C)n1)C(N)=O. The van der Waals surface area contributed by atoms with E-state index in [1.54, 1.807) is 20.4 Å². The smallest absolute Gasteiger partial charge is 0.234 e. The predicted octanol–water partition coefficient (Wildman–Crippen LogP) is 2.50. The number of hydrogen-bond donors (Lipinski definition) is 3. The molecule has 1 heterocycles. The van der Waals surface area contributed by atoms with Crippen LogP contribution in [-0.2, 0) is 24.4 Å². The predicted molar refractivity (Wildman–Crippen MR) is 117 cm³/mol. The molecule has 0 radical (unpaired) electrons. The molecule has 8 heteroatoms. The van der Waals surface area contributed by atoms with Crippen LogP contribution in [0.15, 0.2) is 48.7 Å². The van der Waals surface area contributed by atoms with Crippen molar-refractivity contribution in [3.63, 3.8) is 0 Å². The fraction of sp³-hybridized carbons (Fsp3) is 0.304. The summed E-state index contributed by atoms with van der Waals surface area (Å²) in [6, 6.07) is 12.8. The van der Waals surface area contributed by atoms with E-state index in [1.165, 1.54) is 0 Å². The van der Waals surface area contributed by atoms with Gasteiger partial charge in [0.05, 0.1) is 26.0 Å². The summed E-state index contributed by atoms with van der Waals surface area (Å²) in [6.45, 7) is 2.64. The van der Waals surface area contributed by atoms with Gasteiger partial charge in [-0.3, -0.25) is 4.79 Å². The Morgan fingerprint density at radius 1 is 1.13 bits per heavy atom. The summed E-state index contributed by atoms with van der Waals surface area (Å²) in [6.07, 6.45) is 2.18. The molecule has 0 saturated carbocycles. The van der Waals surface area contributed by atoms with Gasteiger partial charge in [0.2, 0.25) is 5.91 Å². The van der Waals surface area contributed by atoms with Crippen molar-refractivity contribution in [1.29, 1.82) is 0 Å². The highest BCUT2D eigenvalue weighted by Gasteiger charge is 2.18. The molecule has 8 nitrogen and oxygen atoms in total. The van der Waals surface area contributed by atoms with Crippen molar-refractivity contribution >= 4 is 5.91 Å². The molecular formula is C23H28N4O4. The number of rotatable bonds is 11. The molecule has 2 aromatic carbocycles. The third-order valence-corrected chi connectivity index (χ3v) is 4.90. The van der Waals surface area contributed by atoms with E-state index in [0.717, 1.165) is 28.4 Å². The van der Waals surface area contributed by atoms with Crippen molar-refractivity contribution in [2.45, 2.75) is 32.5 Å². The lowest BCUT2D eigenvalue weighted by Crippen LogP contribution is -2.42. The number of nitrogens with two attached hydrogens (primary N) is 1. The van der Waals surface area contributed by atoms with Crippen LogP contribution in [-0.4, -0.2) is 36.1 Å². The molecule has 1 aromatic heterocycles. The fourth-order valence-corrected chi connectivity index (χ4v) is 3.23. The van der Waals surface area contributed by atoms with Crippen molar-refractivity contribution in [2.24, 2.45) is 5.73 Å². The first-order valence-corrected chi connectivity index (χ1v) is 9.95. The second-order valence-electron chi connectivity index (χ2n) is 7.09. The van der Waals surface area contributed by atoms with Crippen molar-refractivity contribution in [2.75, 3.05) is 14.2 Å². The van der Waals surface area contributed by atoms with Crippen LogP contribution in [0.3, 0.4) is 0 Å². The molecule has 0 bridgehead atoms. The quantitative estimate of drug-likeness (QED) is 0.436. The highest BCUT2D eigenvalue weighted by molar-refractivity contribution is 5.80. The van der Waals surface area contributed by atoms with E-state index in [1.807, 2.05) is 49.4 Å². The van der Waals surface area contributed by atoms with Crippen molar-refractivity contribution in [3.8, 4) is 17.2 Å². The van der Waals surface area contributed by atoms with Gasteiger partial charge in [0.15, 0.2) is 0 Å². The summed E-state index contributed by atoms with van der Waals surface area (Å²) in [7, 11) is 3.23. The van der Waals surface area contributed by atoms with E-state index in [9.17, 15) is 4.79 Å². The maximum absolute atomic E-state index is 11.9. The number of hydrogen-bond acceptors (Lipinski definition) is 6. The van der Waals surface area contributed by atoms with Gasteiger partial charge in [-0.05, 0) is 19.1 Å². The normalized spacial score (nSPS) is 11.7. The summed E-state index contributed by atoms with van der Waals surface area (Å²) in [4.78, 5) is 19.2. The van der Waals surface area contributed by atoms with Gasteiger partial charge in [-0.1, -0.05) is 24.3 Å². The summed E-state index contributed by atoms with van der Waals surface area (Å²) in [5.74, 6) is 2.47. The monoisotopic (exact) mass is 424 g/mol. The summed E-state index contributed by atoms with van der Waals surface area (Å²) in [5.41, 5.74) is 8.18. The van der Waals surface area contributed by atoms with Crippen LogP contribution in [0, 0.1) is 6.92 Å². The van der Waals surface area contributed by atoms with E-state index in [0.29, 0.717) is 31.1 Å². The third-order valence-electron chi connectivity index (χ3n) is 4.90. The second-order valence-corrected chi connectivity index (χ2v) is 7.09. The summed E-state index contributed by atoms with van der Waals surface area (Å²) >= 11 is 0. The number of primary amides is 1. The van der Waals surface area contributed by atoms with E-state index in [-0.39, 0.29) is 0 Å². The van der Waals surface area contributed by atoms with Gasteiger partial charge < -0.3 is 30.2 Å². The van der Waals surface area contributed by atoms with Crippen LogP contribution in [0.2, 0.25) is 0 Å².